The van der Waals surface area contributed by atoms with Crippen molar-refractivity contribution in [2.24, 2.45) is 5.84 Å². The van der Waals surface area contributed by atoms with Crippen molar-refractivity contribution >= 4 is 27.5 Å². The Morgan fingerprint density at radius 1 is 1.30 bits per heavy atom. The van der Waals surface area contributed by atoms with E-state index >= 15 is 0 Å². The van der Waals surface area contributed by atoms with E-state index < -0.39 is 0 Å². The van der Waals surface area contributed by atoms with Crippen LogP contribution in [-0.4, -0.2) is 0 Å². The van der Waals surface area contributed by atoms with E-state index in [1.807, 2.05) is 25.1 Å². The Balaban J connectivity index is 2.26. The number of aryl methyl sites for hydroxylation is 1. The van der Waals surface area contributed by atoms with E-state index in [2.05, 4.69) is 21.4 Å². The summed E-state index contributed by atoms with van der Waals surface area (Å²) in [5.74, 6) is 5.42. The summed E-state index contributed by atoms with van der Waals surface area (Å²) in [5, 5.41) is 0.655. The maximum absolute atomic E-state index is 13.1. The molecule has 0 bridgehead atoms. The van der Waals surface area contributed by atoms with Gasteiger partial charge in [-0.2, -0.15) is 0 Å². The van der Waals surface area contributed by atoms with Gasteiger partial charge < -0.3 is 0 Å². The lowest BCUT2D eigenvalue weighted by molar-refractivity contribution is 0.549. The normalized spacial score (nSPS) is 12.4. The Hall–Kier alpha value is -0.940. The Bertz CT molecular complexity index is 619. The molecule has 0 heterocycles. The summed E-state index contributed by atoms with van der Waals surface area (Å²) >= 11 is 9.39. The lowest BCUT2D eigenvalue weighted by atomic mass is 9.96. The largest absolute Gasteiger partial charge is 0.271 e. The van der Waals surface area contributed by atoms with Crippen LogP contribution in [0.4, 0.5) is 4.39 Å². The van der Waals surface area contributed by atoms with Crippen molar-refractivity contribution in [2.75, 3.05) is 0 Å². The minimum Gasteiger partial charge on any atom is -0.271 e. The summed E-state index contributed by atoms with van der Waals surface area (Å²) in [4.78, 5) is 0. The monoisotopic (exact) mass is 356 g/mol. The molecule has 0 spiro atoms. The van der Waals surface area contributed by atoms with Gasteiger partial charge in [0, 0.05) is 4.47 Å². The zero-order chi connectivity index (χ0) is 14.7. The number of benzene rings is 2. The standard InChI is InChI=1S/C15H15BrClFN2/c1-9-6-12(18)4-2-10(9)8-15(20-19)11-3-5-14(17)13(16)7-11/h2-7,15,20H,8,19H2,1H3. The van der Waals surface area contributed by atoms with E-state index in [1.165, 1.54) is 12.1 Å². The molecular formula is C15H15BrClFN2. The van der Waals surface area contributed by atoms with Crippen LogP contribution in [0.15, 0.2) is 40.9 Å². The van der Waals surface area contributed by atoms with E-state index in [4.69, 9.17) is 17.4 Å². The molecular weight excluding hydrogens is 343 g/mol. The van der Waals surface area contributed by atoms with Crippen LogP contribution in [0.1, 0.15) is 22.7 Å². The SMILES string of the molecule is Cc1cc(F)ccc1CC(NN)c1ccc(Cl)c(Br)c1. The van der Waals surface area contributed by atoms with Crippen LogP contribution in [0.2, 0.25) is 5.02 Å². The first-order chi connectivity index (χ1) is 9.51. The van der Waals surface area contributed by atoms with Gasteiger partial charge in [0.05, 0.1) is 11.1 Å². The minimum absolute atomic E-state index is 0.0623. The van der Waals surface area contributed by atoms with Gasteiger partial charge >= 0.3 is 0 Å². The molecule has 0 aliphatic carbocycles. The average Bonchev–Trinajstić information content (AvgIpc) is 2.41. The number of rotatable bonds is 4. The molecule has 106 valence electrons. The van der Waals surface area contributed by atoms with E-state index in [0.717, 1.165) is 21.2 Å². The van der Waals surface area contributed by atoms with Crippen LogP contribution in [0.25, 0.3) is 0 Å². The Morgan fingerprint density at radius 2 is 2.05 bits per heavy atom. The van der Waals surface area contributed by atoms with Crippen LogP contribution < -0.4 is 11.3 Å². The number of nitrogens with two attached hydrogens (primary N) is 1. The second-order valence-corrected chi connectivity index (χ2v) is 5.93. The molecule has 1 unspecified atom stereocenters. The van der Waals surface area contributed by atoms with E-state index in [0.29, 0.717) is 11.4 Å². The summed E-state index contributed by atoms with van der Waals surface area (Å²) in [6.45, 7) is 1.89. The number of halogens is 3. The molecule has 20 heavy (non-hydrogen) atoms. The highest BCUT2D eigenvalue weighted by Crippen LogP contribution is 2.28. The molecule has 0 saturated carbocycles. The van der Waals surface area contributed by atoms with Crippen LogP contribution >= 0.6 is 27.5 Å². The molecule has 0 aliphatic rings. The molecule has 2 aromatic rings. The van der Waals surface area contributed by atoms with Crippen molar-refractivity contribution in [1.82, 2.24) is 5.43 Å². The first kappa shape index (κ1) is 15.4. The molecule has 0 aromatic heterocycles. The van der Waals surface area contributed by atoms with Gasteiger partial charge in [0.15, 0.2) is 0 Å². The molecule has 1 atom stereocenters. The Morgan fingerprint density at radius 3 is 2.65 bits per heavy atom. The van der Waals surface area contributed by atoms with Gasteiger partial charge in [-0.3, -0.25) is 11.3 Å². The van der Waals surface area contributed by atoms with E-state index in [9.17, 15) is 4.39 Å². The van der Waals surface area contributed by atoms with Gasteiger partial charge in [-0.1, -0.05) is 23.7 Å². The molecule has 2 aromatic carbocycles. The molecule has 0 aliphatic heterocycles. The van der Waals surface area contributed by atoms with E-state index in [-0.39, 0.29) is 11.9 Å². The summed E-state index contributed by atoms with van der Waals surface area (Å²) in [6, 6.07) is 10.4. The van der Waals surface area contributed by atoms with E-state index in [1.54, 1.807) is 6.07 Å². The fourth-order valence-corrected chi connectivity index (χ4v) is 2.62. The van der Waals surface area contributed by atoms with Crippen LogP contribution in [-0.2, 0) is 6.42 Å². The summed E-state index contributed by atoms with van der Waals surface area (Å²) in [7, 11) is 0. The predicted octanol–water partition coefficient (Wildman–Crippen LogP) is 4.30. The second-order valence-electron chi connectivity index (χ2n) is 4.67. The van der Waals surface area contributed by atoms with Gasteiger partial charge in [-0.05, 0) is 70.2 Å². The third-order valence-corrected chi connectivity index (χ3v) is 4.49. The Labute approximate surface area is 131 Å². The molecule has 2 rings (SSSR count). The minimum atomic E-state index is -0.224. The number of hydrogen-bond donors (Lipinski definition) is 2. The second kappa shape index (κ2) is 6.68. The zero-order valence-electron chi connectivity index (χ0n) is 11.0. The van der Waals surface area contributed by atoms with Gasteiger partial charge in [0.1, 0.15) is 5.82 Å². The van der Waals surface area contributed by atoms with Gasteiger partial charge in [-0.15, -0.1) is 0 Å². The lowest BCUT2D eigenvalue weighted by Gasteiger charge is -2.18. The third-order valence-electron chi connectivity index (χ3n) is 3.28. The molecule has 5 heteroatoms. The average molecular weight is 358 g/mol. The maximum Gasteiger partial charge on any atom is 0.123 e. The summed E-state index contributed by atoms with van der Waals surface area (Å²) in [6.07, 6.45) is 0.677. The van der Waals surface area contributed by atoms with Crippen LogP contribution in [0, 0.1) is 12.7 Å². The van der Waals surface area contributed by atoms with Crippen molar-refractivity contribution in [3.8, 4) is 0 Å². The maximum atomic E-state index is 13.1. The van der Waals surface area contributed by atoms with Crippen LogP contribution in [0.5, 0.6) is 0 Å². The molecule has 0 saturated heterocycles. The van der Waals surface area contributed by atoms with Crippen molar-refractivity contribution < 1.29 is 4.39 Å². The third kappa shape index (κ3) is 3.58. The topological polar surface area (TPSA) is 38.0 Å². The molecule has 0 fully saturated rings. The Kier molecular flexibility index (Phi) is 5.16. The fourth-order valence-electron chi connectivity index (χ4n) is 2.11. The quantitative estimate of drug-likeness (QED) is 0.632. The van der Waals surface area contributed by atoms with Crippen molar-refractivity contribution in [1.29, 1.82) is 0 Å². The molecule has 3 N–H and O–H groups in total. The van der Waals surface area contributed by atoms with Gasteiger partial charge in [-0.25, -0.2) is 4.39 Å². The van der Waals surface area contributed by atoms with Gasteiger partial charge in [0.2, 0.25) is 0 Å². The lowest BCUT2D eigenvalue weighted by Crippen LogP contribution is -2.29. The highest BCUT2D eigenvalue weighted by Gasteiger charge is 2.13. The van der Waals surface area contributed by atoms with Crippen LogP contribution in [0.3, 0.4) is 0 Å². The molecule has 0 radical (unpaired) electrons. The number of nitrogens with one attached hydrogen (secondary N) is 1. The first-order valence-corrected chi connectivity index (χ1v) is 7.34. The molecule has 2 nitrogen and oxygen atoms in total. The van der Waals surface area contributed by atoms with Gasteiger partial charge in [0.25, 0.3) is 0 Å². The zero-order valence-corrected chi connectivity index (χ0v) is 13.3. The number of hydrazine groups is 1. The van der Waals surface area contributed by atoms with Crippen molar-refractivity contribution in [3.05, 3.63) is 68.4 Å². The highest BCUT2D eigenvalue weighted by atomic mass is 79.9. The molecule has 0 amide bonds. The summed E-state index contributed by atoms with van der Waals surface area (Å²) in [5.41, 5.74) is 5.79. The van der Waals surface area contributed by atoms with Crippen molar-refractivity contribution in [3.63, 3.8) is 0 Å². The smallest absolute Gasteiger partial charge is 0.123 e. The fraction of sp³-hybridized carbons (Fsp3) is 0.200. The predicted molar refractivity (Wildman–Crippen MR) is 84.1 cm³/mol. The first-order valence-electron chi connectivity index (χ1n) is 6.17. The summed E-state index contributed by atoms with van der Waals surface area (Å²) < 4.78 is 14.0. The highest BCUT2D eigenvalue weighted by molar-refractivity contribution is 9.10. The number of hydrogen-bond acceptors (Lipinski definition) is 2. The van der Waals surface area contributed by atoms with Crippen molar-refractivity contribution in [2.45, 2.75) is 19.4 Å².